The van der Waals surface area contributed by atoms with Gasteiger partial charge in [0.05, 0.1) is 12.1 Å². The minimum absolute atomic E-state index is 0.0732. The lowest BCUT2D eigenvalue weighted by atomic mass is 10.2. The third kappa shape index (κ3) is 6.07. The summed E-state index contributed by atoms with van der Waals surface area (Å²) in [6, 6.07) is 8.04. The van der Waals surface area contributed by atoms with E-state index in [1.54, 1.807) is 5.38 Å². The van der Waals surface area contributed by atoms with Crippen LogP contribution in [0.5, 0.6) is 0 Å². The quantitative estimate of drug-likeness (QED) is 0.686. The Hall–Kier alpha value is -1.86. The van der Waals surface area contributed by atoms with Crippen LogP contribution in [0.1, 0.15) is 45.2 Å². The zero-order valence-corrected chi connectivity index (χ0v) is 17.3. The van der Waals surface area contributed by atoms with Crippen LogP contribution in [0, 0.1) is 5.92 Å². The molecule has 7 heteroatoms. The van der Waals surface area contributed by atoms with Crippen molar-refractivity contribution in [1.82, 2.24) is 4.98 Å². The number of anilines is 2. The largest absolute Gasteiger partial charge is 0.326 e. The lowest BCUT2D eigenvalue weighted by Gasteiger charge is -2.09. The van der Waals surface area contributed by atoms with E-state index in [1.165, 1.54) is 41.9 Å². The van der Waals surface area contributed by atoms with E-state index in [9.17, 15) is 9.59 Å². The van der Waals surface area contributed by atoms with Crippen LogP contribution in [-0.2, 0) is 16.0 Å². The third-order valence-electron chi connectivity index (χ3n) is 4.39. The summed E-state index contributed by atoms with van der Waals surface area (Å²) in [4.78, 5) is 29.5. The molecule has 0 radical (unpaired) electrons. The maximum Gasteiger partial charge on any atom is 0.230 e. The number of thiazole rings is 1. The van der Waals surface area contributed by atoms with Gasteiger partial charge < -0.3 is 10.6 Å². The average molecular weight is 404 g/mol. The molecule has 2 N–H and O–H groups in total. The summed E-state index contributed by atoms with van der Waals surface area (Å²) >= 11 is 3.27. The Morgan fingerprint density at radius 3 is 2.56 bits per heavy atom. The number of carbonyl (C=O) groups excluding carboxylic acids is 2. The minimum Gasteiger partial charge on any atom is -0.326 e. The number of carbonyl (C=O) groups is 2. The van der Waals surface area contributed by atoms with Crippen LogP contribution in [0.3, 0.4) is 0 Å². The van der Waals surface area contributed by atoms with Gasteiger partial charge in [0.1, 0.15) is 0 Å². The van der Waals surface area contributed by atoms with Crippen LogP contribution in [0.2, 0.25) is 0 Å². The second-order valence-electron chi connectivity index (χ2n) is 7.06. The molecule has 3 rings (SSSR count). The van der Waals surface area contributed by atoms with Crippen molar-refractivity contribution in [3.8, 4) is 0 Å². The number of nitrogens with zero attached hydrogens (tertiary/aromatic N) is 1. The summed E-state index contributed by atoms with van der Waals surface area (Å²) in [6.07, 6.45) is 5.47. The van der Waals surface area contributed by atoms with Gasteiger partial charge in [0, 0.05) is 27.1 Å². The Balaban J connectivity index is 1.49. The highest BCUT2D eigenvalue weighted by atomic mass is 32.2. The van der Waals surface area contributed by atoms with Gasteiger partial charge in [-0.15, -0.1) is 23.1 Å². The molecule has 0 atom stereocenters. The van der Waals surface area contributed by atoms with Gasteiger partial charge >= 0.3 is 0 Å². The molecule has 1 aliphatic rings. The number of rotatable bonds is 7. The number of thioether (sulfide) groups is 1. The van der Waals surface area contributed by atoms with E-state index in [0.717, 1.165) is 10.9 Å². The van der Waals surface area contributed by atoms with Crippen molar-refractivity contribution in [2.45, 2.75) is 56.1 Å². The highest BCUT2D eigenvalue weighted by Crippen LogP contribution is 2.34. The van der Waals surface area contributed by atoms with Crippen LogP contribution in [0.4, 0.5) is 10.8 Å². The molecule has 1 saturated carbocycles. The third-order valence-corrected chi connectivity index (χ3v) is 6.55. The molecule has 144 valence electrons. The molecule has 0 unspecified atom stereocenters. The summed E-state index contributed by atoms with van der Waals surface area (Å²) in [5.74, 6) is -0.287. The predicted octanol–water partition coefficient (Wildman–Crippen LogP) is 4.95. The normalized spacial score (nSPS) is 14.5. The summed E-state index contributed by atoms with van der Waals surface area (Å²) < 4.78 is 0. The number of amides is 2. The van der Waals surface area contributed by atoms with E-state index in [4.69, 9.17) is 0 Å². The van der Waals surface area contributed by atoms with Gasteiger partial charge in [0.25, 0.3) is 0 Å². The maximum absolute atomic E-state index is 12.2. The summed E-state index contributed by atoms with van der Waals surface area (Å²) in [6.45, 7) is 3.66. The monoisotopic (exact) mass is 403 g/mol. The van der Waals surface area contributed by atoms with Gasteiger partial charge in [-0.25, -0.2) is 4.98 Å². The SMILES string of the molecule is CC(C)C(=O)Nc1nc(CC(=O)Nc2ccc(SC3CCCC3)cc2)cs1. The van der Waals surface area contributed by atoms with Crippen molar-refractivity contribution in [1.29, 1.82) is 0 Å². The van der Waals surface area contributed by atoms with Gasteiger partial charge in [-0.1, -0.05) is 26.7 Å². The molecule has 1 heterocycles. The van der Waals surface area contributed by atoms with Crippen LogP contribution < -0.4 is 10.6 Å². The minimum atomic E-state index is -0.113. The molecule has 1 aromatic heterocycles. The van der Waals surface area contributed by atoms with E-state index in [0.29, 0.717) is 10.8 Å². The summed E-state index contributed by atoms with van der Waals surface area (Å²) in [5.41, 5.74) is 1.45. The Morgan fingerprint density at radius 1 is 1.19 bits per heavy atom. The number of aromatic nitrogens is 1. The van der Waals surface area contributed by atoms with Crippen molar-refractivity contribution >= 4 is 45.7 Å². The van der Waals surface area contributed by atoms with Gasteiger partial charge in [0.2, 0.25) is 11.8 Å². The van der Waals surface area contributed by atoms with Crippen molar-refractivity contribution in [3.05, 3.63) is 35.3 Å². The van der Waals surface area contributed by atoms with Gasteiger partial charge in [-0.3, -0.25) is 9.59 Å². The molecule has 1 fully saturated rings. The first-order valence-corrected chi connectivity index (χ1v) is 11.1. The highest BCUT2D eigenvalue weighted by Gasteiger charge is 2.16. The molecule has 27 heavy (non-hydrogen) atoms. The maximum atomic E-state index is 12.2. The van der Waals surface area contributed by atoms with Gasteiger partial charge in [0.15, 0.2) is 5.13 Å². The predicted molar refractivity (Wildman–Crippen MR) is 112 cm³/mol. The first-order chi connectivity index (χ1) is 13.0. The molecule has 1 aromatic carbocycles. The first-order valence-electron chi connectivity index (χ1n) is 9.31. The fourth-order valence-electron chi connectivity index (χ4n) is 2.88. The van der Waals surface area contributed by atoms with Crippen molar-refractivity contribution < 1.29 is 9.59 Å². The Kier molecular flexibility index (Phi) is 6.90. The van der Waals surface area contributed by atoms with Crippen molar-refractivity contribution in [2.75, 3.05) is 10.6 Å². The molecule has 0 aliphatic heterocycles. The molecular weight excluding hydrogens is 378 g/mol. The standard InChI is InChI=1S/C20H25N3O2S2/c1-13(2)19(25)23-20-22-15(12-26-20)11-18(24)21-14-7-9-17(10-8-14)27-16-5-3-4-6-16/h7-10,12-13,16H,3-6,11H2,1-2H3,(H,21,24)(H,22,23,25). The van der Waals surface area contributed by atoms with Crippen molar-refractivity contribution in [3.63, 3.8) is 0 Å². The lowest BCUT2D eigenvalue weighted by molar-refractivity contribution is -0.119. The molecule has 1 aliphatic carbocycles. The van der Waals surface area contributed by atoms with E-state index < -0.39 is 0 Å². The van der Waals surface area contributed by atoms with E-state index in [2.05, 4.69) is 27.8 Å². The summed E-state index contributed by atoms with van der Waals surface area (Å²) in [7, 11) is 0. The Morgan fingerprint density at radius 2 is 1.89 bits per heavy atom. The van der Waals surface area contributed by atoms with E-state index >= 15 is 0 Å². The molecule has 2 amide bonds. The van der Waals surface area contributed by atoms with Gasteiger partial charge in [-0.2, -0.15) is 0 Å². The highest BCUT2D eigenvalue weighted by molar-refractivity contribution is 8.00. The molecular formula is C20H25N3O2S2. The molecule has 2 aromatic rings. The van der Waals surface area contributed by atoms with E-state index in [-0.39, 0.29) is 24.2 Å². The van der Waals surface area contributed by atoms with Crippen LogP contribution >= 0.6 is 23.1 Å². The molecule has 0 saturated heterocycles. The number of hydrogen-bond acceptors (Lipinski definition) is 5. The fraction of sp³-hybridized carbons (Fsp3) is 0.450. The molecule has 5 nitrogen and oxygen atoms in total. The van der Waals surface area contributed by atoms with Crippen LogP contribution in [0.15, 0.2) is 34.5 Å². The lowest BCUT2D eigenvalue weighted by Crippen LogP contribution is -2.18. The number of benzene rings is 1. The Bertz CT molecular complexity index is 781. The van der Waals surface area contributed by atoms with E-state index in [1.807, 2.05) is 37.7 Å². The molecule has 0 bridgehead atoms. The van der Waals surface area contributed by atoms with Crippen LogP contribution in [-0.4, -0.2) is 22.0 Å². The Labute approximate surface area is 168 Å². The topological polar surface area (TPSA) is 71.1 Å². The number of hydrogen-bond donors (Lipinski definition) is 2. The average Bonchev–Trinajstić information content (AvgIpc) is 3.28. The number of nitrogens with one attached hydrogen (secondary N) is 2. The zero-order valence-electron chi connectivity index (χ0n) is 15.7. The second-order valence-corrected chi connectivity index (χ2v) is 9.29. The second kappa shape index (κ2) is 9.37. The zero-order chi connectivity index (χ0) is 19.2. The smallest absolute Gasteiger partial charge is 0.230 e. The van der Waals surface area contributed by atoms with Crippen LogP contribution in [0.25, 0.3) is 0 Å². The molecule has 0 spiro atoms. The fourth-order valence-corrected chi connectivity index (χ4v) is 4.84. The van der Waals surface area contributed by atoms with Gasteiger partial charge in [-0.05, 0) is 37.1 Å². The summed E-state index contributed by atoms with van der Waals surface area (Å²) in [5, 5.41) is 8.73. The first kappa shape index (κ1) is 19.9. The van der Waals surface area contributed by atoms with Crippen molar-refractivity contribution in [2.24, 2.45) is 5.92 Å².